The number of aliphatic hydroxyl groups is 1. The van der Waals surface area contributed by atoms with Crippen LogP contribution in [0.25, 0.3) is 0 Å². The number of rotatable bonds is 6. The Morgan fingerprint density at radius 2 is 2.06 bits per heavy atom. The highest BCUT2D eigenvalue weighted by molar-refractivity contribution is 5.23. The number of hydrogen-bond donors (Lipinski definition) is 3. The maximum Gasteiger partial charge on any atom is 0.0535 e. The van der Waals surface area contributed by atoms with Gasteiger partial charge in [0.05, 0.1) is 6.20 Å². The molecule has 1 unspecified atom stereocenters. The minimum absolute atomic E-state index is 0.0812. The molecule has 0 aromatic carbocycles. The van der Waals surface area contributed by atoms with Crippen molar-refractivity contribution >= 4 is 0 Å². The first-order chi connectivity index (χ1) is 8.36. The van der Waals surface area contributed by atoms with E-state index in [4.69, 9.17) is 5.11 Å². The second-order valence-electron chi connectivity index (χ2n) is 6.26. The number of H-pyrrole nitrogens is 1. The Morgan fingerprint density at radius 3 is 2.56 bits per heavy atom. The third-order valence-corrected chi connectivity index (χ3v) is 3.27. The average molecular weight is 253 g/mol. The van der Waals surface area contributed by atoms with Gasteiger partial charge in [0.15, 0.2) is 0 Å². The molecule has 1 atom stereocenters. The van der Waals surface area contributed by atoms with E-state index in [-0.39, 0.29) is 12.0 Å². The summed E-state index contributed by atoms with van der Waals surface area (Å²) in [7, 11) is 0. The Labute approximate surface area is 110 Å². The van der Waals surface area contributed by atoms with Crippen molar-refractivity contribution in [2.75, 3.05) is 6.61 Å². The molecular formula is C14H27N3O. The molecule has 3 N–H and O–H groups in total. The van der Waals surface area contributed by atoms with Crippen molar-refractivity contribution in [2.24, 2.45) is 5.92 Å². The molecule has 0 saturated carbocycles. The van der Waals surface area contributed by atoms with Crippen LogP contribution in [0.5, 0.6) is 0 Å². The molecule has 1 aromatic rings. The molecule has 0 bridgehead atoms. The summed E-state index contributed by atoms with van der Waals surface area (Å²) in [5.41, 5.74) is 2.48. The molecule has 0 aliphatic rings. The zero-order valence-electron chi connectivity index (χ0n) is 12.2. The first kappa shape index (κ1) is 15.2. The molecule has 0 spiro atoms. The van der Waals surface area contributed by atoms with Gasteiger partial charge < -0.3 is 10.4 Å². The van der Waals surface area contributed by atoms with Crippen LogP contribution in [0, 0.1) is 5.92 Å². The third kappa shape index (κ3) is 4.10. The quantitative estimate of drug-likeness (QED) is 0.728. The van der Waals surface area contributed by atoms with Crippen molar-refractivity contribution < 1.29 is 5.11 Å². The minimum atomic E-state index is 0.0812. The van der Waals surface area contributed by atoms with E-state index in [9.17, 15) is 0 Å². The smallest absolute Gasteiger partial charge is 0.0535 e. The lowest BCUT2D eigenvalue weighted by atomic mass is 9.89. The lowest BCUT2D eigenvalue weighted by molar-refractivity contribution is 0.243. The zero-order chi connectivity index (χ0) is 13.8. The first-order valence-corrected chi connectivity index (χ1v) is 6.73. The van der Waals surface area contributed by atoms with Gasteiger partial charge in [0, 0.05) is 35.9 Å². The number of nitrogens with zero attached hydrogens (tertiary/aromatic N) is 1. The molecule has 0 saturated heterocycles. The summed E-state index contributed by atoms with van der Waals surface area (Å²) < 4.78 is 0. The summed E-state index contributed by atoms with van der Waals surface area (Å²) in [5, 5.41) is 19.8. The van der Waals surface area contributed by atoms with E-state index in [0.29, 0.717) is 12.0 Å². The number of aromatic nitrogens is 2. The van der Waals surface area contributed by atoms with Gasteiger partial charge in [-0.05, 0) is 12.3 Å². The van der Waals surface area contributed by atoms with Crippen LogP contribution in [0.1, 0.15) is 52.3 Å². The maximum absolute atomic E-state index is 9.07. The van der Waals surface area contributed by atoms with E-state index in [2.05, 4.69) is 50.1 Å². The Bertz CT molecular complexity index is 352. The van der Waals surface area contributed by atoms with Gasteiger partial charge in [0.2, 0.25) is 0 Å². The van der Waals surface area contributed by atoms with Crippen LogP contribution >= 0.6 is 0 Å². The molecule has 0 aliphatic carbocycles. The Kier molecular flexibility index (Phi) is 5.35. The third-order valence-electron chi connectivity index (χ3n) is 3.27. The highest BCUT2D eigenvalue weighted by atomic mass is 16.3. The van der Waals surface area contributed by atoms with Gasteiger partial charge in [-0.25, -0.2) is 0 Å². The molecule has 4 heteroatoms. The van der Waals surface area contributed by atoms with Gasteiger partial charge >= 0.3 is 0 Å². The number of aromatic amines is 1. The van der Waals surface area contributed by atoms with Crippen molar-refractivity contribution in [2.45, 2.75) is 59.0 Å². The number of aliphatic hydroxyl groups excluding tert-OH is 1. The van der Waals surface area contributed by atoms with Crippen molar-refractivity contribution in [1.29, 1.82) is 0 Å². The molecule has 104 valence electrons. The summed E-state index contributed by atoms with van der Waals surface area (Å²) in [5.74, 6) is 0.516. The first-order valence-electron chi connectivity index (χ1n) is 6.73. The molecule has 1 heterocycles. The van der Waals surface area contributed by atoms with Crippen LogP contribution in [0.4, 0.5) is 0 Å². The second kappa shape index (κ2) is 6.34. The number of hydrogen-bond acceptors (Lipinski definition) is 3. The normalized spacial score (nSPS) is 14.2. The summed E-state index contributed by atoms with van der Waals surface area (Å²) in [6.45, 7) is 11.9. The standard InChI is InChI=1S/C14H27N3O/c1-10(2)12(6-7-18)15-8-11-9-16-17-13(11)14(3,4)5/h9-10,12,15,18H,6-8H2,1-5H3,(H,16,17). The predicted octanol–water partition coefficient (Wildman–Crippen LogP) is 2.20. The molecule has 0 fully saturated rings. The topological polar surface area (TPSA) is 60.9 Å². The zero-order valence-corrected chi connectivity index (χ0v) is 12.2. The summed E-state index contributed by atoms with van der Waals surface area (Å²) >= 11 is 0. The van der Waals surface area contributed by atoms with Crippen molar-refractivity contribution in [1.82, 2.24) is 15.5 Å². The molecule has 18 heavy (non-hydrogen) atoms. The number of nitrogens with one attached hydrogen (secondary N) is 2. The van der Waals surface area contributed by atoms with Crippen molar-refractivity contribution in [3.8, 4) is 0 Å². The monoisotopic (exact) mass is 253 g/mol. The largest absolute Gasteiger partial charge is 0.396 e. The van der Waals surface area contributed by atoms with Crippen LogP contribution in [-0.4, -0.2) is 28.0 Å². The second-order valence-corrected chi connectivity index (χ2v) is 6.26. The summed E-state index contributed by atoms with van der Waals surface area (Å²) in [4.78, 5) is 0. The fourth-order valence-electron chi connectivity index (χ4n) is 2.15. The average Bonchev–Trinajstić information content (AvgIpc) is 2.71. The van der Waals surface area contributed by atoms with Crippen LogP contribution in [0.2, 0.25) is 0 Å². The van der Waals surface area contributed by atoms with Crippen molar-refractivity contribution in [3.63, 3.8) is 0 Å². The van der Waals surface area contributed by atoms with Gasteiger partial charge in [-0.3, -0.25) is 5.10 Å². The Balaban J connectivity index is 2.65. The van der Waals surface area contributed by atoms with Gasteiger partial charge in [-0.15, -0.1) is 0 Å². The highest BCUT2D eigenvalue weighted by Gasteiger charge is 2.20. The molecule has 0 amide bonds. The Morgan fingerprint density at radius 1 is 1.39 bits per heavy atom. The minimum Gasteiger partial charge on any atom is -0.396 e. The lowest BCUT2D eigenvalue weighted by Crippen LogP contribution is -2.34. The molecule has 0 radical (unpaired) electrons. The van der Waals surface area contributed by atoms with Gasteiger partial charge in [-0.1, -0.05) is 34.6 Å². The lowest BCUT2D eigenvalue weighted by Gasteiger charge is -2.23. The molecule has 1 aromatic heterocycles. The molecule has 1 rings (SSSR count). The molecular weight excluding hydrogens is 226 g/mol. The molecule has 0 aliphatic heterocycles. The predicted molar refractivity (Wildman–Crippen MR) is 74.5 cm³/mol. The maximum atomic E-state index is 9.07. The van der Waals surface area contributed by atoms with Gasteiger partial charge in [0.25, 0.3) is 0 Å². The highest BCUT2D eigenvalue weighted by Crippen LogP contribution is 2.23. The van der Waals surface area contributed by atoms with E-state index in [0.717, 1.165) is 13.0 Å². The fraction of sp³-hybridized carbons (Fsp3) is 0.786. The van der Waals surface area contributed by atoms with E-state index in [1.54, 1.807) is 0 Å². The van der Waals surface area contributed by atoms with E-state index in [1.807, 2.05) is 6.20 Å². The molecule has 4 nitrogen and oxygen atoms in total. The SMILES string of the molecule is CC(C)C(CCO)NCc1cn[nH]c1C(C)(C)C. The summed E-state index contributed by atoms with van der Waals surface area (Å²) in [6, 6.07) is 0.345. The van der Waals surface area contributed by atoms with E-state index in [1.165, 1.54) is 11.3 Å². The Hall–Kier alpha value is -0.870. The van der Waals surface area contributed by atoms with E-state index >= 15 is 0 Å². The summed E-state index contributed by atoms with van der Waals surface area (Å²) in [6.07, 6.45) is 2.68. The fourth-order valence-corrected chi connectivity index (χ4v) is 2.15. The van der Waals surface area contributed by atoms with Crippen LogP contribution in [0.3, 0.4) is 0 Å². The van der Waals surface area contributed by atoms with Crippen LogP contribution in [-0.2, 0) is 12.0 Å². The van der Waals surface area contributed by atoms with Crippen molar-refractivity contribution in [3.05, 3.63) is 17.5 Å². The van der Waals surface area contributed by atoms with Gasteiger partial charge in [-0.2, -0.15) is 5.10 Å². The van der Waals surface area contributed by atoms with Crippen LogP contribution in [0.15, 0.2) is 6.20 Å². The van der Waals surface area contributed by atoms with Crippen LogP contribution < -0.4 is 5.32 Å². The van der Waals surface area contributed by atoms with E-state index < -0.39 is 0 Å². The van der Waals surface area contributed by atoms with Gasteiger partial charge in [0.1, 0.15) is 0 Å².